The summed E-state index contributed by atoms with van der Waals surface area (Å²) in [5, 5.41) is 0. The minimum atomic E-state index is -0.899. The summed E-state index contributed by atoms with van der Waals surface area (Å²) in [4.78, 5) is 0. The van der Waals surface area contributed by atoms with Crippen molar-refractivity contribution in [1.29, 1.82) is 0 Å². The van der Waals surface area contributed by atoms with Crippen molar-refractivity contribution in [2.45, 2.75) is 24.4 Å². The van der Waals surface area contributed by atoms with Gasteiger partial charge < -0.3 is 5.73 Å². The van der Waals surface area contributed by atoms with Crippen molar-refractivity contribution in [2.75, 3.05) is 6.54 Å². The fraction of sp³-hybridized carbons (Fsp3) is 0.455. The van der Waals surface area contributed by atoms with Gasteiger partial charge in [0.2, 0.25) is 0 Å². The number of benzene rings is 1. The molecule has 2 rings (SSSR count). The van der Waals surface area contributed by atoms with Gasteiger partial charge in [-0.25, -0.2) is 4.39 Å². The first kappa shape index (κ1) is 10.1. The van der Waals surface area contributed by atoms with Gasteiger partial charge in [0.15, 0.2) is 0 Å². The van der Waals surface area contributed by atoms with Crippen LogP contribution in [0.15, 0.2) is 28.7 Å². The monoisotopic (exact) mass is 257 g/mol. The maximum absolute atomic E-state index is 13.6. The second-order valence-corrected chi connectivity index (χ2v) is 4.78. The van der Waals surface area contributed by atoms with Crippen LogP contribution in [0.2, 0.25) is 0 Å². The highest BCUT2D eigenvalue weighted by molar-refractivity contribution is 9.10. The Morgan fingerprint density at radius 2 is 1.93 bits per heavy atom. The molecule has 1 nitrogen and oxygen atoms in total. The highest BCUT2D eigenvalue weighted by Crippen LogP contribution is 2.52. The maximum atomic E-state index is 13.6. The number of hydrogen-bond donors (Lipinski definition) is 1. The van der Waals surface area contributed by atoms with Crippen LogP contribution in [0.1, 0.15) is 18.4 Å². The molecule has 14 heavy (non-hydrogen) atoms. The van der Waals surface area contributed by atoms with Crippen molar-refractivity contribution in [2.24, 2.45) is 5.73 Å². The second-order valence-electron chi connectivity index (χ2n) is 3.87. The van der Waals surface area contributed by atoms with E-state index >= 15 is 0 Å². The zero-order valence-corrected chi connectivity index (χ0v) is 9.43. The Balaban J connectivity index is 2.26. The van der Waals surface area contributed by atoms with Crippen LogP contribution in [0.5, 0.6) is 0 Å². The molecule has 0 spiro atoms. The van der Waals surface area contributed by atoms with E-state index in [1.807, 2.05) is 24.3 Å². The van der Waals surface area contributed by atoms with Crippen LogP contribution in [0.25, 0.3) is 0 Å². The molecule has 1 atom stereocenters. The molecular weight excluding hydrogens is 245 g/mol. The Hall–Kier alpha value is -0.410. The molecule has 1 aliphatic carbocycles. The van der Waals surface area contributed by atoms with Gasteiger partial charge in [-0.1, -0.05) is 28.1 Å². The molecule has 1 saturated carbocycles. The van der Waals surface area contributed by atoms with E-state index in [0.29, 0.717) is 0 Å². The lowest BCUT2D eigenvalue weighted by Crippen LogP contribution is -2.29. The van der Waals surface area contributed by atoms with Gasteiger partial charge in [0.05, 0.1) is 0 Å². The summed E-state index contributed by atoms with van der Waals surface area (Å²) in [6.45, 7) is 0.121. The van der Waals surface area contributed by atoms with Crippen molar-refractivity contribution in [1.82, 2.24) is 0 Å². The zero-order valence-electron chi connectivity index (χ0n) is 7.84. The molecule has 1 aromatic rings. The topological polar surface area (TPSA) is 26.0 Å². The highest BCUT2D eigenvalue weighted by Gasteiger charge is 2.50. The lowest BCUT2D eigenvalue weighted by atomic mass is 9.91. The summed E-state index contributed by atoms with van der Waals surface area (Å²) in [7, 11) is 0. The molecule has 0 bridgehead atoms. The number of nitrogens with two attached hydrogens (primary N) is 1. The Kier molecular flexibility index (Phi) is 2.62. The van der Waals surface area contributed by atoms with Crippen LogP contribution in [-0.2, 0) is 5.41 Å². The van der Waals surface area contributed by atoms with Gasteiger partial charge in [0.1, 0.15) is 6.17 Å². The third kappa shape index (κ3) is 1.59. The third-order valence-electron chi connectivity index (χ3n) is 3.01. The fourth-order valence-corrected chi connectivity index (χ4v) is 2.19. The van der Waals surface area contributed by atoms with Crippen molar-refractivity contribution in [3.8, 4) is 0 Å². The molecule has 0 amide bonds. The minimum absolute atomic E-state index is 0.121. The van der Waals surface area contributed by atoms with Gasteiger partial charge >= 0.3 is 0 Å². The first-order valence-corrected chi connectivity index (χ1v) is 5.58. The Morgan fingerprint density at radius 3 is 2.36 bits per heavy atom. The lowest BCUT2D eigenvalue weighted by molar-refractivity contribution is 0.273. The molecule has 1 aromatic carbocycles. The van der Waals surface area contributed by atoms with E-state index in [9.17, 15) is 4.39 Å². The van der Waals surface area contributed by atoms with Crippen molar-refractivity contribution < 1.29 is 4.39 Å². The molecular formula is C11H13BrFN. The third-order valence-corrected chi connectivity index (χ3v) is 3.54. The number of halogens is 2. The van der Waals surface area contributed by atoms with E-state index in [2.05, 4.69) is 15.9 Å². The zero-order chi connectivity index (χ0) is 10.2. The minimum Gasteiger partial charge on any atom is -0.328 e. The molecule has 3 heteroatoms. The molecule has 76 valence electrons. The normalized spacial score (nSPS) is 20.5. The summed E-state index contributed by atoms with van der Waals surface area (Å²) in [6, 6.07) is 7.88. The average Bonchev–Trinajstić information content (AvgIpc) is 2.99. The first-order valence-electron chi connectivity index (χ1n) is 4.79. The summed E-state index contributed by atoms with van der Waals surface area (Å²) in [6.07, 6.45) is 0.948. The fourth-order valence-electron chi connectivity index (χ4n) is 1.92. The first-order chi connectivity index (χ1) is 6.69. The van der Waals surface area contributed by atoms with Gasteiger partial charge in [-0.05, 0) is 30.5 Å². The molecule has 0 saturated heterocycles. The number of rotatable bonds is 3. The van der Waals surface area contributed by atoms with Crippen LogP contribution in [-0.4, -0.2) is 12.7 Å². The Labute approximate surface area is 91.6 Å². The van der Waals surface area contributed by atoms with Crippen LogP contribution in [0.4, 0.5) is 4.39 Å². The van der Waals surface area contributed by atoms with Crippen LogP contribution >= 0.6 is 15.9 Å². The summed E-state index contributed by atoms with van der Waals surface area (Å²) < 4.78 is 14.6. The predicted molar refractivity (Wildman–Crippen MR) is 59.0 cm³/mol. The summed E-state index contributed by atoms with van der Waals surface area (Å²) in [5.74, 6) is 0. The summed E-state index contributed by atoms with van der Waals surface area (Å²) >= 11 is 3.37. The molecule has 0 radical (unpaired) electrons. The van der Waals surface area contributed by atoms with E-state index in [-0.39, 0.29) is 12.0 Å². The second kappa shape index (κ2) is 3.63. The van der Waals surface area contributed by atoms with Crippen molar-refractivity contribution >= 4 is 15.9 Å². The molecule has 2 N–H and O–H groups in total. The molecule has 1 fully saturated rings. The van der Waals surface area contributed by atoms with E-state index in [1.54, 1.807) is 0 Å². The predicted octanol–water partition coefficient (Wildman–Crippen LogP) is 2.78. The Bertz CT molecular complexity index is 319. The van der Waals surface area contributed by atoms with Gasteiger partial charge in [-0.2, -0.15) is 0 Å². The van der Waals surface area contributed by atoms with Gasteiger partial charge in [0.25, 0.3) is 0 Å². The lowest BCUT2D eigenvalue weighted by Gasteiger charge is -2.19. The molecule has 0 aromatic heterocycles. The average molecular weight is 258 g/mol. The smallest absolute Gasteiger partial charge is 0.122 e. The Morgan fingerprint density at radius 1 is 1.36 bits per heavy atom. The molecule has 1 unspecified atom stereocenters. The SMILES string of the molecule is NCC(F)C1(c2ccc(Br)cc2)CC1. The van der Waals surface area contributed by atoms with Crippen molar-refractivity contribution in [3.05, 3.63) is 34.3 Å². The highest BCUT2D eigenvalue weighted by atomic mass is 79.9. The van der Waals surface area contributed by atoms with Crippen LogP contribution < -0.4 is 5.73 Å². The van der Waals surface area contributed by atoms with Gasteiger partial charge in [-0.15, -0.1) is 0 Å². The van der Waals surface area contributed by atoms with Crippen LogP contribution in [0.3, 0.4) is 0 Å². The molecule has 0 heterocycles. The van der Waals surface area contributed by atoms with E-state index in [1.165, 1.54) is 0 Å². The number of hydrogen-bond acceptors (Lipinski definition) is 1. The largest absolute Gasteiger partial charge is 0.328 e. The van der Waals surface area contributed by atoms with E-state index < -0.39 is 6.17 Å². The van der Waals surface area contributed by atoms with E-state index in [0.717, 1.165) is 22.9 Å². The van der Waals surface area contributed by atoms with Gasteiger partial charge in [-0.3, -0.25) is 0 Å². The maximum Gasteiger partial charge on any atom is 0.122 e. The quantitative estimate of drug-likeness (QED) is 0.886. The molecule has 0 aliphatic heterocycles. The standard InChI is InChI=1S/C11H13BrFN/c12-9-3-1-8(2-4-9)11(5-6-11)10(13)7-14/h1-4,10H,5-7,14H2. The summed E-state index contributed by atoms with van der Waals surface area (Å²) in [5.41, 5.74) is 6.19. The molecule has 1 aliphatic rings. The van der Waals surface area contributed by atoms with E-state index in [4.69, 9.17) is 5.73 Å². The van der Waals surface area contributed by atoms with Crippen molar-refractivity contribution in [3.63, 3.8) is 0 Å². The van der Waals surface area contributed by atoms with Gasteiger partial charge in [0, 0.05) is 16.4 Å². The number of alkyl halides is 1. The van der Waals surface area contributed by atoms with Crippen LogP contribution in [0, 0.1) is 0 Å².